The maximum Gasteiger partial charge on any atom is 0.367 e. The highest BCUT2D eigenvalue weighted by Crippen LogP contribution is 2.53. The van der Waals surface area contributed by atoms with Crippen molar-refractivity contribution in [2.24, 2.45) is 5.41 Å². The molecule has 0 unspecified atom stereocenters. The van der Waals surface area contributed by atoms with Gasteiger partial charge in [-0.3, -0.25) is 4.79 Å². The Labute approximate surface area is 99.8 Å². The van der Waals surface area contributed by atoms with Crippen LogP contribution < -0.4 is 0 Å². The van der Waals surface area contributed by atoms with Gasteiger partial charge in [-0.2, -0.15) is 4.39 Å². The summed E-state index contributed by atoms with van der Waals surface area (Å²) in [6.07, 6.45) is 1.04. The van der Waals surface area contributed by atoms with E-state index in [2.05, 4.69) is 4.74 Å². The normalized spacial score (nSPS) is 18.1. The molecule has 0 N–H and O–H groups in total. The van der Waals surface area contributed by atoms with Gasteiger partial charge in [0.05, 0.1) is 18.6 Å². The fraction of sp³-hybridized carbons (Fsp3) is 0.667. The van der Waals surface area contributed by atoms with Gasteiger partial charge in [-0.25, -0.2) is 4.79 Å². The van der Waals surface area contributed by atoms with Crippen molar-refractivity contribution in [1.82, 2.24) is 0 Å². The molecule has 0 aliphatic heterocycles. The third-order valence-corrected chi connectivity index (χ3v) is 2.92. The van der Waals surface area contributed by atoms with Gasteiger partial charge in [0.25, 0.3) is 0 Å². The zero-order valence-electron chi connectivity index (χ0n) is 10.3. The topological polar surface area (TPSA) is 52.6 Å². The lowest BCUT2D eigenvalue weighted by atomic mass is 9.96. The summed E-state index contributed by atoms with van der Waals surface area (Å²) in [5, 5.41) is 0. The number of halogens is 1. The molecule has 17 heavy (non-hydrogen) atoms. The van der Waals surface area contributed by atoms with Crippen LogP contribution in [0.3, 0.4) is 0 Å². The molecule has 0 aromatic rings. The maximum absolute atomic E-state index is 13.7. The zero-order valence-corrected chi connectivity index (χ0v) is 10.3. The lowest BCUT2D eigenvalue weighted by molar-refractivity contribution is -0.148. The summed E-state index contributed by atoms with van der Waals surface area (Å²) < 4.78 is 23.2. The van der Waals surface area contributed by atoms with Crippen LogP contribution in [0.15, 0.2) is 11.4 Å². The quantitative estimate of drug-likeness (QED) is 0.549. The Balaban J connectivity index is 2.88. The molecule has 1 rings (SSSR count). The molecule has 0 amide bonds. The molecule has 1 aliphatic rings. The highest BCUT2D eigenvalue weighted by Gasteiger charge is 2.54. The molecule has 5 heteroatoms. The van der Waals surface area contributed by atoms with Crippen LogP contribution in [0.2, 0.25) is 0 Å². The molecule has 0 spiro atoms. The third-order valence-electron chi connectivity index (χ3n) is 2.92. The Hall–Kier alpha value is -1.39. The van der Waals surface area contributed by atoms with Gasteiger partial charge in [0.15, 0.2) is 0 Å². The van der Waals surface area contributed by atoms with Crippen LogP contribution in [0.5, 0.6) is 0 Å². The van der Waals surface area contributed by atoms with Crippen LogP contribution in [-0.2, 0) is 19.1 Å². The number of hydrogen-bond acceptors (Lipinski definition) is 4. The zero-order chi connectivity index (χ0) is 13.1. The first kappa shape index (κ1) is 13.7. The minimum absolute atomic E-state index is 0.103. The summed E-state index contributed by atoms with van der Waals surface area (Å²) in [4.78, 5) is 22.9. The van der Waals surface area contributed by atoms with E-state index in [0.29, 0.717) is 12.8 Å². The largest absolute Gasteiger partial charge is 0.465 e. The number of carbonyl (C=O) groups excluding carboxylic acids is 2. The van der Waals surface area contributed by atoms with Gasteiger partial charge in [-0.15, -0.1) is 0 Å². The predicted molar refractivity (Wildman–Crippen MR) is 58.7 cm³/mol. The van der Waals surface area contributed by atoms with Gasteiger partial charge >= 0.3 is 11.9 Å². The molecule has 1 fully saturated rings. The van der Waals surface area contributed by atoms with Crippen LogP contribution in [0.25, 0.3) is 0 Å². The van der Waals surface area contributed by atoms with Crippen molar-refractivity contribution in [3.63, 3.8) is 0 Å². The number of ether oxygens (including phenoxy) is 2. The third kappa shape index (κ3) is 2.65. The summed E-state index contributed by atoms with van der Waals surface area (Å²) >= 11 is 0. The molecule has 0 radical (unpaired) electrons. The predicted octanol–water partition coefficient (Wildman–Crippen LogP) is 2.14. The molecule has 0 bridgehead atoms. The van der Waals surface area contributed by atoms with Crippen molar-refractivity contribution in [3.05, 3.63) is 11.4 Å². The van der Waals surface area contributed by atoms with Crippen molar-refractivity contribution < 1.29 is 23.5 Å². The Morgan fingerprint density at radius 2 is 1.71 bits per heavy atom. The van der Waals surface area contributed by atoms with E-state index in [4.69, 9.17) is 4.74 Å². The molecule has 0 aromatic carbocycles. The van der Waals surface area contributed by atoms with Gasteiger partial charge in [-0.1, -0.05) is 0 Å². The SMILES string of the molecule is CCOC(=O)/C(F)=C(/C)C1(C(=O)OCC)CC1. The Kier molecular flexibility index (Phi) is 4.26. The molecule has 0 saturated heterocycles. The second-order valence-electron chi connectivity index (χ2n) is 3.96. The first-order valence-electron chi connectivity index (χ1n) is 5.70. The first-order valence-corrected chi connectivity index (χ1v) is 5.70. The molecule has 1 aliphatic carbocycles. The number of rotatable bonds is 5. The van der Waals surface area contributed by atoms with Crippen LogP contribution in [0.1, 0.15) is 33.6 Å². The van der Waals surface area contributed by atoms with E-state index in [-0.39, 0.29) is 18.8 Å². The van der Waals surface area contributed by atoms with Gasteiger partial charge < -0.3 is 9.47 Å². The minimum atomic E-state index is -1.01. The Bertz CT molecular complexity index is 356. The lowest BCUT2D eigenvalue weighted by Crippen LogP contribution is -2.22. The van der Waals surface area contributed by atoms with E-state index in [1.165, 1.54) is 6.92 Å². The highest BCUT2D eigenvalue weighted by atomic mass is 19.1. The average Bonchev–Trinajstić information content (AvgIpc) is 3.09. The number of hydrogen-bond donors (Lipinski definition) is 0. The van der Waals surface area contributed by atoms with E-state index < -0.39 is 23.2 Å². The van der Waals surface area contributed by atoms with Crippen molar-refractivity contribution in [2.45, 2.75) is 33.6 Å². The Morgan fingerprint density at radius 3 is 2.12 bits per heavy atom. The fourth-order valence-electron chi connectivity index (χ4n) is 1.68. The lowest BCUT2D eigenvalue weighted by Gasteiger charge is -2.15. The highest BCUT2D eigenvalue weighted by molar-refractivity contribution is 5.91. The van der Waals surface area contributed by atoms with Crippen molar-refractivity contribution in [3.8, 4) is 0 Å². The van der Waals surface area contributed by atoms with E-state index >= 15 is 0 Å². The summed E-state index contributed by atoms with van der Waals surface area (Å²) in [6, 6.07) is 0. The molecule has 4 nitrogen and oxygen atoms in total. The van der Waals surface area contributed by atoms with Gasteiger partial charge in [-0.05, 0) is 39.2 Å². The molecule has 0 heterocycles. The van der Waals surface area contributed by atoms with E-state index in [9.17, 15) is 14.0 Å². The van der Waals surface area contributed by atoms with Crippen molar-refractivity contribution >= 4 is 11.9 Å². The number of esters is 2. The van der Waals surface area contributed by atoms with Crippen LogP contribution >= 0.6 is 0 Å². The maximum atomic E-state index is 13.7. The van der Waals surface area contributed by atoms with Gasteiger partial charge in [0.2, 0.25) is 5.83 Å². The molecular formula is C12H17FO4. The number of carbonyl (C=O) groups is 2. The van der Waals surface area contributed by atoms with E-state index in [0.717, 1.165) is 0 Å². The molecule has 0 atom stereocenters. The molecule has 0 aromatic heterocycles. The fourth-order valence-corrected chi connectivity index (χ4v) is 1.68. The first-order chi connectivity index (χ1) is 7.99. The average molecular weight is 244 g/mol. The van der Waals surface area contributed by atoms with Crippen LogP contribution in [0.4, 0.5) is 4.39 Å². The Morgan fingerprint density at radius 1 is 1.18 bits per heavy atom. The second-order valence-corrected chi connectivity index (χ2v) is 3.96. The van der Waals surface area contributed by atoms with Gasteiger partial charge in [0, 0.05) is 0 Å². The molecular weight excluding hydrogens is 227 g/mol. The molecule has 96 valence electrons. The van der Waals surface area contributed by atoms with Crippen LogP contribution in [0, 0.1) is 5.41 Å². The van der Waals surface area contributed by atoms with Gasteiger partial charge in [0.1, 0.15) is 0 Å². The standard InChI is InChI=1S/C12H17FO4/c1-4-16-10(14)9(13)8(3)12(6-7-12)11(15)17-5-2/h4-7H2,1-3H3/b9-8+. The summed E-state index contributed by atoms with van der Waals surface area (Å²) in [6.45, 7) is 5.07. The van der Waals surface area contributed by atoms with Crippen molar-refractivity contribution in [1.29, 1.82) is 0 Å². The summed E-state index contributed by atoms with van der Waals surface area (Å²) in [5.41, 5.74) is -0.818. The summed E-state index contributed by atoms with van der Waals surface area (Å²) in [7, 11) is 0. The molecule has 1 saturated carbocycles. The minimum Gasteiger partial charge on any atom is -0.465 e. The van der Waals surface area contributed by atoms with Crippen LogP contribution in [-0.4, -0.2) is 25.2 Å². The monoisotopic (exact) mass is 244 g/mol. The van der Waals surface area contributed by atoms with E-state index in [1.54, 1.807) is 13.8 Å². The second kappa shape index (κ2) is 5.29. The van der Waals surface area contributed by atoms with Crippen molar-refractivity contribution in [2.75, 3.05) is 13.2 Å². The smallest absolute Gasteiger partial charge is 0.367 e. The van der Waals surface area contributed by atoms with E-state index in [1.807, 2.05) is 0 Å². The summed E-state index contributed by atoms with van der Waals surface area (Å²) in [5.74, 6) is -2.45.